The highest BCUT2D eigenvalue weighted by atomic mass is 16.5. The zero-order chi connectivity index (χ0) is 14.1. The van der Waals surface area contributed by atoms with E-state index in [9.17, 15) is 0 Å². The molecule has 3 unspecified atom stereocenters. The third kappa shape index (κ3) is 2.41. The molecule has 1 aromatic rings. The highest BCUT2D eigenvalue weighted by Gasteiger charge is 2.39. The summed E-state index contributed by atoms with van der Waals surface area (Å²) in [6, 6.07) is 0. The first-order valence-electron chi connectivity index (χ1n) is 7.63. The average Bonchev–Trinajstić information content (AvgIpc) is 3.03. The van der Waals surface area contributed by atoms with Gasteiger partial charge in [-0.05, 0) is 43.9 Å². The normalized spacial score (nSPS) is 27.8. The largest absolute Gasteiger partial charge is 0.476 e. The fraction of sp³-hybridized carbons (Fsp3) is 0.733. The van der Waals surface area contributed by atoms with E-state index in [1.807, 2.05) is 6.92 Å². The molecule has 110 valence electrons. The molecule has 0 spiro atoms. The molecule has 2 aliphatic rings. The molecule has 2 fully saturated rings. The molecule has 1 heterocycles. The van der Waals surface area contributed by atoms with E-state index >= 15 is 0 Å². The van der Waals surface area contributed by atoms with Crippen LogP contribution < -0.4 is 15.4 Å². The predicted octanol–water partition coefficient (Wildman–Crippen LogP) is 2.33. The Morgan fingerprint density at radius 3 is 2.85 bits per heavy atom. The van der Waals surface area contributed by atoms with Gasteiger partial charge in [0.25, 0.3) is 0 Å². The lowest BCUT2D eigenvalue weighted by Crippen LogP contribution is -2.30. The first-order chi connectivity index (χ1) is 9.69. The van der Waals surface area contributed by atoms with Crippen LogP contribution in [0.5, 0.6) is 5.88 Å². The average molecular weight is 276 g/mol. The standard InChI is InChI=1S/C15H24N4O/c1-3-20-15-13(16)14(17-9-18-15)19(2)8-12-7-10-4-5-11(12)6-10/h9-12H,3-8,16H2,1-2H3. The highest BCUT2D eigenvalue weighted by Crippen LogP contribution is 2.48. The molecule has 2 aliphatic carbocycles. The number of nitrogens with zero attached hydrogens (tertiary/aromatic N) is 3. The Kier molecular flexibility index (Phi) is 3.68. The molecule has 0 radical (unpaired) electrons. The minimum absolute atomic E-state index is 0.497. The lowest BCUT2D eigenvalue weighted by Gasteiger charge is -2.28. The van der Waals surface area contributed by atoms with Gasteiger partial charge in [0.15, 0.2) is 5.82 Å². The van der Waals surface area contributed by atoms with Crippen LogP contribution in [0.1, 0.15) is 32.6 Å². The second-order valence-corrected chi connectivity index (χ2v) is 6.16. The summed E-state index contributed by atoms with van der Waals surface area (Å²) in [5.74, 6) is 3.98. The second-order valence-electron chi connectivity index (χ2n) is 6.16. The molecule has 2 bridgehead atoms. The van der Waals surface area contributed by atoms with E-state index in [4.69, 9.17) is 10.5 Å². The number of hydrogen-bond acceptors (Lipinski definition) is 5. The van der Waals surface area contributed by atoms with E-state index in [-0.39, 0.29) is 0 Å². The molecule has 5 heteroatoms. The second kappa shape index (κ2) is 5.46. The number of rotatable bonds is 5. The van der Waals surface area contributed by atoms with Crippen LogP contribution in [-0.2, 0) is 0 Å². The molecular weight excluding hydrogens is 252 g/mol. The van der Waals surface area contributed by atoms with E-state index in [0.29, 0.717) is 18.2 Å². The van der Waals surface area contributed by atoms with Gasteiger partial charge in [-0.2, -0.15) is 4.98 Å². The van der Waals surface area contributed by atoms with Crippen molar-refractivity contribution in [3.8, 4) is 5.88 Å². The molecule has 1 aromatic heterocycles. The summed E-state index contributed by atoms with van der Waals surface area (Å²) in [6.45, 7) is 3.53. The number of anilines is 2. The molecule has 0 aliphatic heterocycles. The monoisotopic (exact) mass is 276 g/mol. The molecule has 0 saturated heterocycles. The van der Waals surface area contributed by atoms with E-state index in [0.717, 1.165) is 30.1 Å². The van der Waals surface area contributed by atoms with Gasteiger partial charge in [-0.3, -0.25) is 0 Å². The van der Waals surface area contributed by atoms with Crippen molar-refractivity contribution in [2.24, 2.45) is 17.8 Å². The summed E-state index contributed by atoms with van der Waals surface area (Å²) in [7, 11) is 2.07. The van der Waals surface area contributed by atoms with Gasteiger partial charge in [-0.25, -0.2) is 4.98 Å². The minimum atomic E-state index is 0.497. The van der Waals surface area contributed by atoms with Crippen molar-refractivity contribution in [2.75, 3.05) is 30.8 Å². The maximum absolute atomic E-state index is 6.13. The number of aromatic nitrogens is 2. The van der Waals surface area contributed by atoms with Crippen molar-refractivity contribution < 1.29 is 4.74 Å². The molecule has 0 aromatic carbocycles. The lowest BCUT2D eigenvalue weighted by atomic mass is 9.88. The Bertz CT molecular complexity index is 479. The van der Waals surface area contributed by atoms with Crippen LogP contribution in [-0.4, -0.2) is 30.2 Å². The van der Waals surface area contributed by atoms with Gasteiger partial charge in [0.05, 0.1) is 6.61 Å². The number of fused-ring (bicyclic) bond motifs is 2. The van der Waals surface area contributed by atoms with E-state index in [1.165, 1.54) is 32.0 Å². The molecule has 5 nitrogen and oxygen atoms in total. The molecular formula is C15H24N4O. The van der Waals surface area contributed by atoms with Crippen molar-refractivity contribution in [3.63, 3.8) is 0 Å². The molecule has 3 rings (SSSR count). The van der Waals surface area contributed by atoms with Crippen molar-refractivity contribution in [1.29, 1.82) is 0 Å². The first kappa shape index (κ1) is 13.5. The summed E-state index contributed by atoms with van der Waals surface area (Å²) in [5.41, 5.74) is 6.68. The minimum Gasteiger partial charge on any atom is -0.476 e. The van der Waals surface area contributed by atoms with Crippen LogP contribution in [0.25, 0.3) is 0 Å². The fourth-order valence-electron chi connectivity index (χ4n) is 3.96. The summed E-state index contributed by atoms with van der Waals surface area (Å²) in [6.07, 6.45) is 7.19. The van der Waals surface area contributed by atoms with Gasteiger partial charge in [0.2, 0.25) is 5.88 Å². The SMILES string of the molecule is CCOc1ncnc(N(C)CC2CC3CCC2C3)c1N. The number of ether oxygens (including phenoxy) is 1. The van der Waals surface area contributed by atoms with Crippen LogP contribution in [0, 0.1) is 17.8 Å². The lowest BCUT2D eigenvalue weighted by molar-refractivity contribution is 0.327. The smallest absolute Gasteiger partial charge is 0.242 e. The quantitative estimate of drug-likeness (QED) is 0.894. The molecule has 2 saturated carbocycles. The zero-order valence-corrected chi connectivity index (χ0v) is 12.4. The maximum atomic E-state index is 6.13. The van der Waals surface area contributed by atoms with Crippen molar-refractivity contribution in [2.45, 2.75) is 32.6 Å². The van der Waals surface area contributed by atoms with Gasteiger partial charge in [0, 0.05) is 13.6 Å². The topological polar surface area (TPSA) is 64.3 Å². The highest BCUT2D eigenvalue weighted by molar-refractivity contribution is 5.67. The summed E-state index contributed by atoms with van der Waals surface area (Å²) >= 11 is 0. The predicted molar refractivity (Wildman–Crippen MR) is 79.8 cm³/mol. The van der Waals surface area contributed by atoms with Gasteiger partial charge < -0.3 is 15.4 Å². The molecule has 3 atom stereocenters. The third-order valence-corrected chi connectivity index (χ3v) is 4.86. The van der Waals surface area contributed by atoms with E-state index < -0.39 is 0 Å². The van der Waals surface area contributed by atoms with Crippen molar-refractivity contribution >= 4 is 11.5 Å². The van der Waals surface area contributed by atoms with Gasteiger partial charge >= 0.3 is 0 Å². The Hall–Kier alpha value is -1.52. The van der Waals surface area contributed by atoms with Gasteiger partial charge in [0.1, 0.15) is 12.0 Å². The van der Waals surface area contributed by atoms with Gasteiger partial charge in [-0.15, -0.1) is 0 Å². The summed E-state index contributed by atoms with van der Waals surface area (Å²) in [4.78, 5) is 10.6. The number of hydrogen-bond donors (Lipinski definition) is 1. The first-order valence-corrected chi connectivity index (χ1v) is 7.63. The Morgan fingerprint density at radius 2 is 2.20 bits per heavy atom. The third-order valence-electron chi connectivity index (χ3n) is 4.86. The van der Waals surface area contributed by atoms with Crippen LogP contribution in [0.3, 0.4) is 0 Å². The van der Waals surface area contributed by atoms with Crippen molar-refractivity contribution in [1.82, 2.24) is 9.97 Å². The van der Waals surface area contributed by atoms with Crippen LogP contribution in [0.2, 0.25) is 0 Å². The molecule has 0 amide bonds. The van der Waals surface area contributed by atoms with Crippen LogP contribution >= 0.6 is 0 Å². The van der Waals surface area contributed by atoms with Crippen molar-refractivity contribution in [3.05, 3.63) is 6.33 Å². The number of nitrogen functional groups attached to an aromatic ring is 1. The Balaban J connectivity index is 1.70. The maximum Gasteiger partial charge on any atom is 0.242 e. The van der Waals surface area contributed by atoms with E-state index in [1.54, 1.807) is 0 Å². The summed E-state index contributed by atoms with van der Waals surface area (Å²) < 4.78 is 5.44. The van der Waals surface area contributed by atoms with Crippen LogP contribution in [0.4, 0.5) is 11.5 Å². The Labute approximate surface area is 120 Å². The van der Waals surface area contributed by atoms with Crippen LogP contribution in [0.15, 0.2) is 6.33 Å². The number of nitrogens with two attached hydrogens (primary N) is 1. The molecule has 2 N–H and O–H groups in total. The van der Waals surface area contributed by atoms with E-state index in [2.05, 4.69) is 21.9 Å². The summed E-state index contributed by atoms with van der Waals surface area (Å²) in [5, 5.41) is 0. The zero-order valence-electron chi connectivity index (χ0n) is 12.4. The molecule has 20 heavy (non-hydrogen) atoms. The fourth-order valence-corrected chi connectivity index (χ4v) is 3.96. The Morgan fingerprint density at radius 1 is 1.35 bits per heavy atom. The van der Waals surface area contributed by atoms with Gasteiger partial charge in [-0.1, -0.05) is 6.42 Å².